The van der Waals surface area contributed by atoms with Crippen molar-refractivity contribution in [1.29, 1.82) is 0 Å². The smallest absolute Gasteiger partial charge is 0.0300 e. The number of hydrogen-bond donors (Lipinski definition) is 0. The van der Waals surface area contributed by atoms with Gasteiger partial charge in [-0.05, 0) is 37.5 Å². The van der Waals surface area contributed by atoms with Crippen molar-refractivity contribution in [3.63, 3.8) is 0 Å². The molecule has 12 heavy (non-hydrogen) atoms. The van der Waals surface area contributed by atoms with Crippen molar-refractivity contribution in [2.75, 3.05) is 0 Å². The third-order valence-corrected chi connectivity index (χ3v) is 2.61. The molecule has 0 N–H and O–H groups in total. The molecule has 0 nitrogen and oxygen atoms in total. The molecule has 0 amide bonds. The van der Waals surface area contributed by atoms with Crippen molar-refractivity contribution in [2.45, 2.75) is 47.5 Å². The summed E-state index contributed by atoms with van der Waals surface area (Å²) in [6, 6.07) is 0. The lowest BCUT2D eigenvalue weighted by Crippen LogP contribution is -2.09. The van der Waals surface area contributed by atoms with Gasteiger partial charge in [-0.15, -0.1) is 6.58 Å². The molecule has 0 radical (unpaired) electrons. The van der Waals surface area contributed by atoms with Crippen molar-refractivity contribution in [2.24, 2.45) is 17.8 Å². The Kier molecular flexibility index (Phi) is 5.28. The maximum Gasteiger partial charge on any atom is -0.0300 e. The Hall–Kier alpha value is -0.260. The summed E-state index contributed by atoms with van der Waals surface area (Å²) in [5, 5.41) is 0. The van der Waals surface area contributed by atoms with Crippen LogP contribution in [-0.2, 0) is 0 Å². The minimum atomic E-state index is 0.805. The van der Waals surface area contributed by atoms with Crippen molar-refractivity contribution in [3.05, 3.63) is 12.2 Å². The molecule has 0 fully saturated rings. The van der Waals surface area contributed by atoms with Gasteiger partial charge < -0.3 is 0 Å². The van der Waals surface area contributed by atoms with Gasteiger partial charge in [-0.25, -0.2) is 0 Å². The topological polar surface area (TPSA) is 0 Å². The molecule has 0 aliphatic heterocycles. The Bertz CT molecular complexity index is 133. The standard InChI is InChI=1S/C12H24/c1-9(2)7-11(5)8-12(6)10(3)4/h10-12H,1,7-8H2,2-6H3. The Morgan fingerprint density at radius 3 is 2.00 bits per heavy atom. The van der Waals surface area contributed by atoms with Crippen LogP contribution in [0.25, 0.3) is 0 Å². The highest BCUT2D eigenvalue weighted by Gasteiger charge is 2.11. The lowest BCUT2D eigenvalue weighted by molar-refractivity contribution is 0.330. The Balaban J connectivity index is 3.68. The predicted molar refractivity (Wildman–Crippen MR) is 57.2 cm³/mol. The number of rotatable bonds is 5. The van der Waals surface area contributed by atoms with Gasteiger partial charge in [-0.3, -0.25) is 0 Å². The second kappa shape index (κ2) is 5.40. The second-order valence-corrected chi connectivity index (χ2v) is 4.72. The van der Waals surface area contributed by atoms with E-state index < -0.39 is 0 Å². The zero-order chi connectivity index (χ0) is 9.72. The fraction of sp³-hybridized carbons (Fsp3) is 0.833. The fourth-order valence-corrected chi connectivity index (χ4v) is 1.59. The van der Waals surface area contributed by atoms with E-state index in [1.165, 1.54) is 18.4 Å². The van der Waals surface area contributed by atoms with Crippen LogP contribution in [0.2, 0.25) is 0 Å². The Morgan fingerprint density at radius 2 is 1.67 bits per heavy atom. The maximum atomic E-state index is 3.95. The van der Waals surface area contributed by atoms with Crippen LogP contribution in [-0.4, -0.2) is 0 Å². The molecule has 0 heterocycles. The molecule has 0 aromatic carbocycles. The molecule has 0 rings (SSSR count). The van der Waals surface area contributed by atoms with Crippen LogP contribution in [0.4, 0.5) is 0 Å². The summed E-state index contributed by atoms with van der Waals surface area (Å²) in [5.74, 6) is 2.47. The summed E-state index contributed by atoms with van der Waals surface area (Å²) in [5.41, 5.74) is 1.32. The lowest BCUT2D eigenvalue weighted by Gasteiger charge is -2.20. The summed E-state index contributed by atoms with van der Waals surface area (Å²) in [7, 11) is 0. The molecule has 2 unspecified atom stereocenters. The summed E-state index contributed by atoms with van der Waals surface area (Å²) < 4.78 is 0. The van der Waals surface area contributed by atoms with E-state index in [0.29, 0.717) is 0 Å². The van der Waals surface area contributed by atoms with Crippen molar-refractivity contribution < 1.29 is 0 Å². The molecule has 0 spiro atoms. The molecule has 0 aromatic rings. The van der Waals surface area contributed by atoms with Gasteiger partial charge in [0.05, 0.1) is 0 Å². The van der Waals surface area contributed by atoms with Gasteiger partial charge in [0.2, 0.25) is 0 Å². The highest BCUT2D eigenvalue weighted by Crippen LogP contribution is 2.23. The highest BCUT2D eigenvalue weighted by atomic mass is 14.2. The minimum absolute atomic E-state index is 0.805. The van der Waals surface area contributed by atoms with Crippen molar-refractivity contribution >= 4 is 0 Å². The normalized spacial score (nSPS) is 16.2. The number of allylic oxidation sites excluding steroid dienone is 1. The SMILES string of the molecule is C=C(C)CC(C)CC(C)C(C)C. The average molecular weight is 168 g/mol. The van der Waals surface area contributed by atoms with E-state index in [-0.39, 0.29) is 0 Å². The van der Waals surface area contributed by atoms with Gasteiger partial charge in [-0.2, -0.15) is 0 Å². The molecular weight excluding hydrogens is 144 g/mol. The lowest BCUT2D eigenvalue weighted by atomic mass is 9.86. The van der Waals surface area contributed by atoms with E-state index in [2.05, 4.69) is 41.2 Å². The average Bonchev–Trinajstić information content (AvgIpc) is 1.84. The second-order valence-electron chi connectivity index (χ2n) is 4.72. The summed E-state index contributed by atoms with van der Waals surface area (Å²) in [6.07, 6.45) is 2.53. The van der Waals surface area contributed by atoms with E-state index in [0.717, 1.165) is 17.8 Å². The zero-order valence-corrected chi connectivity index (χ0v) is 9.35. The summed E-state index contributed by atoms with van der Waals surface area (Å²) in [6.45, 7) is 15.4. The third-order valence-electron chi connectivity index (χ3n) is 2.61. The molecule has 2 atom stereocenters. The van der Waals surface area contributed by atoms with Crippen LogP contribution in [0, 0.1) is 17.8 Å². The monoisotopic (exact) mass is 168 g/mol. The first-order chi connectivity index (χ1) is 5.43. The first kappa shape index (κ1) is 11.7. The summed E-state index contributed by atoms with van der Waals surface area (Å²) in [4.78, 5) is 0. The maximum absolute atomic E-state index is 3.95. The van der Waals surface area contributed by atoms with Gasteiger partial charge in [0.1, 0.15) is 0 Å². The van der Waals surface area contributed by atoms with Gasteiger partial charge in [0.25, 0.3) is 0 Å². The molecular formula is C12H24. The fourth-order valence-electron chi connectivity index (χ4n) is 1.59. The molecule has 0 aliphatic rings. The molecule has 0 saturated carbocycles. The first-order valence-electron chi connectivity index (χ1n) is 5.07. The minimum Gasteiger partial charge on any atom is -0.100 e. The Morgan fingerprint density at radius 1 is 1.17 bits per heavy atom. The van der Waals surface area contributed by atoms with E-state index >= 15 is 0 Å². The third kappa shape index (κ3) is 5.40. The van der Waals surface area contributed by atoms with Crippen LogP contribution in [0.1, 0.15) is 47.5 Å². The first-order valence-corrected chi connectivity index (χ1v) is 5.07. The molecule has 0 aromatic heterocycles. The molecule has 0 bridgehead atoms. The van der Waals surface area contributed by atoms with Gasteiger partial charge >= 0.3 is 0 Å². The predicted octanol–water partition coefficient (Wildman–Crippen LogP) is 4.27. The van der Waals surface area contributed by atoms with Crippen LogP contribution in [0.3, 0.4) is 0 Å². The Labute approximate surface area is 78.1 Å². The van der Waals surface area contributed by atoms with E-state index in [1.54, 1.807) is 0 Å². The summed E-state index contributed by atoms with van der Waals surface area (Å²) >= 11 is 0. The van der Waals surface area contributed by atoms with E-state index in [1.807, 2.05) is 0 Å². The van der Waals surface area contributed by atoms with E-state index in [4.69, 9.17) is 0 Å². The van der Waals surface area contributed by atoms with Crippen LogP contribution in [0.5, 0.6) is 0 Å². The zero-order valence-electron chi connectivity index (χ0n) is 9.35. The van der Waals surface area contributed by atoms with Crippen LogP contribution >= 0.6 is 0 Å². The van der Waals surface area contributed by atoms with E-state index in [9.17, 15) is 0 Å². The van der Waals surface area contributed by atoms with Gasteiger partial charge in [0.15, 0.2) is 0 Å². The van der Waals surface area contributed by atoms with Gasteiger partial charge in [-0.1, -0.05) is 33.3 Å². The van der Waals surface area contributed by atoms with Crippen LogP contribution in [0.15, 0.2) is 12.2 Å². The molecule has 0 aliphatic carbocycles. The van der Waals surface area contributed by atoms with Crippen molar-refractivity contribution in [3.8, 4) is 0 Å². The molecule has 72 valence electrons. The van der Waals surface area contributed by atoms with Gasteiger partial charge in [0, 0.05) is 0 Å². The van der Waals surface area contributed by atoms with Crippen molar-refractivity contribution in [1.82, 2.24) is 0 Å². The molecule has 0 heteroatoms. The molecule has 0 saturated heterocycles. The number of hydrogen-bond acceptors (Lipinski definition) is 0. The largest absolute Gasteiger partial charge is 0.100 e. The highest BCUT2D eigenvalue weighted by molar-refractivity contribution is 4.89. The quantitative estimate of drug-likeness (QED) is 0.538. The van der Waals surface area contributed by atoms with Crippen LogP contribution < -0.4 is 0 Å².